The van der Waals surface area contributed by atoms with Crippen LogP contribution >= 0.6 is 11.3 Å². The second-order valence-electron chi connectivity index (χ2n) is 8.84. The number of carbonyl (C=O) groups is 2. The van der Waals surface area contributed by atoms with E-state index >= 15 is 0 Å². The van der Waals surface area contributed by atoms with Crippen LogP contribution in [0.4, 0.5) is 14.5 Å². The van der Waals surface area contributed by atoms with Crippen LogP contribution in [0.3, 0.4) is 0 Å². The average molecular weight is 477 g/mol. The highest BCUT2D eigenvalue weighted by Crippen LogP contribution is 2.39. The molecule has 2 aromatic rings. The van der Waals surface area contributed by atoms with Crippen LogP contribution in [0.5, 0.6) is 0 Å². The third kappa shape index (κ3) is 5.87. The SMILES string of the molecule is CC(C)(NC(=O)CC1CCOC1)C(=O)Nc1nc(-c2ccc(F)cc2)c(N2CCOCC2)s1. The third-order valence-corrected chi connectivity index (χ3v) is 6.79. The lowest BCUT2D eigenvalue weighted by molar-refractivity contribution is -0.129. The Kier molecular flexibility index (Phi) is 7.26. The fraction of sp³-hybridized carbons (Fsp3) is 0.522. The number of halogens is 1. The predicted molar refractivity (Wildman–Crippen MR) is 125 cm³/mol. The minimum atomic E-state index is -1.11. The summed E-state index contributed by atoms with van der Waals surface area (Å²) >= 11 is 1.36. The fourth-order valence-corrected chi connectivity index (χ4v) is 4.89. The Hall–Kier alpha value is -2.56. The van der Waals surface area contributed by atoms with Crippen molar-refractivity contribution in [3.63, 3.8) is 0 Å². The molecule has 3 heterocycles. The number of benzene rings is 1. The van der Waals surface area contributed by atoms with E-state index in [1.807, 2.05) is 0 Å². The number of carbonyl (C=O) groups excluding carboxylic acids is 2. The highest BCUT2D eigenvalue weighted by molar-refractivity contribution is 7.20. The van der Waals surface area contributed by atoms with Crippen molar-refractivity contribution in [1.29, 1.82) is 0 Å². The molecule has 2 aliphatic rings. The van der Waals surface area contributed by atoms with Crippen LogP contribution < -0.4 is 15.5 Å². The molecule has 4 rings (SSSR count). The zero-order valence-corrected chi connectivity index (χ0v) is 19.7. The summed E-state index contributed by atoms with van der Waals surface area (Å²) in [5.41, 5.74) is 0.332. The van der Waals surface area contributed by atoms with E-state index in [0.717, 1.165) is 17.0 Å². The van der Waals surface area contributed by atoms with Crippen molar-refractivity contribution in [2.45, 2.75) is 32.2 Å². The lowest BCUT2D eigenvalue weighted by atomic mass is 10.0. The first kappa shape index (κ1) is 23.6. The Labute approximate surface area is 196 Å². The lowest BCUT2D eigenvalue weighted by Crippen LogP contribution is -2.52. The molecule has 2 amide bonds. The molecule has 1 unspecified atom stereocenters. The van der Waals surface area contributed by atoms with Gasteiger partial charge in [0.2, 0.25) is 5.91 Å². The van der Waals surface area contributed by atoms with E-state index in [0.29, 0.717) is 56.8 Å². The summed E-state index contributed by atoms with van der Waals surface area (Å²) in [4.78, 5) is 32.3. The maximum atomic E-state index is 13.5. The first-order valence-electron chi connectivity index (χ1n) is 11.1. The topological polar surface area (TPSA) is 92.8 Å². The first-order valence-corrected chi connectivity index (χ1v) is 11.9. The molecule has 0 bridgehead atoms. The van der Waals surface area contributed by atoms with Gasteiger partial charge in [0.05, 0.1) is 13.2 Å². The number of thiazole rings is 1. The minimum absolute atomic E-state index is 0.175. The van der Waals surface area contributed by atoms with E-state index in [4.69, 9.17) is 9.47 Å². The summed E-state index contributed by atoms with van der Waals surface area (Å²) in [6.45, 7) is 7.21. The zero-order chi connectivity index (χ0) is 23.4. The van der Waals surface area contributed by atoms with Gasteiger partial charge in [-0.15, -0.1) is 0 Å². The molecule has 0 aliphatic carbocycles. The number of aromatic nitrogens is 1. The van der Waals surface area contributed by atoms with Crippen molar-refractivity contribution in [1.82, 2.24) is 10.3 Å². The molecule has 0 spiro atoms. The maximum Gasteiger partial charge on any atom is 0.251 e. The lowest BCUT2D eigenvalue weighted by Gasteiger charge is -2.28. The number of nitrogens with zero attached hydrogens (tertiary/aromatic N) is 2. The summed E-state index contributed by atoms with van der Waals surface area (Å²) in [6, 6.07) is 6.14. The standard InChI is InChI=1S/C23H29FN4O4S/c1-23(2,27-18(29)13-15-7-10-32-14-15)21(30)26-22-25-19(16-3-5-17(24)6-4-16)20(33-22)28-8-11-31-12-9-28/h3-6,15H,7-14H2,1-2H3,(H,27,29)(H,25,26,30). The van der Waals surface area contributed by atoms with Crippen LogP contribution in [0.15, 0.2) is 24.3 Å². The molecule has 178 valence electrons. The van der Waals surface area contributed by atoms with Crippen molar-refractivity contribution in [3.05, 3.63) is 30.1 Å². The molecule has 2 aliphatic heterocycles. The summed E-state index contributed by atoms with van der Waals surface area (Å²) in [5, 5.41) is 7.00. The number of hydrogen-bond donors (Lipinski definition) is 2. The van der Waals surface area contributed by atoms with Crippen molar-refractivity contribution >= 4 is 33.3 Å². The minimum Gasteiger partial charge on any atom is -0.381 e. The number of ether oxygens (including phenoxy) is 2. The predicted octanol–water partition coefficient (Wildman–Crippen LogP) is 3.05. The van der Waals surface area contributed by atoms with Crippen molar-refractivity contribution < 1.29 is 23.5 Å². The van der Waals surface area contributed by atoms with Gasteiger partial charge in [-0.1, -0.05) is 11.3 Å². The van der Waals surface area contributed by atoms with Crippen LogP contribution in [0.25, 0.3) is 11.3 Å². The molecule has 2 saturated heterocycles. The molecule has 1 aromatic heterocycles. The van der Waals surface area contributed by atoms with Gasteiger partial charge in [0.25, 0.3) is 5.91 Å². The van der Waals surface area contributed by atoms with Gasteiger partial charge in [0, 0.05) is 38.3 Å². The van der Waals surface area contributed by atoms with E-state index in [1.165, 1.54) is 23.5 Å². The van der Waals surface area contributed by atoms with Crippen LogP contribution in [-0.2, 0) is 19.1 Å². The average Bonchev–Trinajstić information content (AvgIpc) is 3.44. The van der Waals surface area contributed by atoms with Crippen LogP contribution in [-0.4, -0.2) is 61.9 Å². The van der Waals surface area contributed by atoms with Crippen LogP contribution in [0.2, 0.25) is 0 Å². The van der Waals surface area contributed by atoms with Crippen LogP contribution in [0.1, 0.15) is 26.7 Å². The maximum absolute atomic E-state index is 13.5. The molecule has 8 nitrogen and oxygen atoms in total. The number of amides is 2. The molecule has 0 saturated carbocycles. The third-order valence-electron chi connectivity index (χ3n) is 5.76. The largest absolute Gasteiger partial charge is 0.381 e. The first-order chi connectivity index (χ1) is 15.8. The monoisotopic (exact) mass is 476 g/mol. The molecule has 1 aromatic carbocycles. The van der Waals surface area contributed by atoms with Crippen molar-refractivity contribution in [2.24, 2.45) is 5.92 Å². The van der Waals surface area contributed by atoms with E-state index in [1.54, 1.807) is 26.0 Å². The van der Waals surface area contributed by atoms with Gasteiger partial charge in [-0.3, -0.25) is 14.9 Å². The quantitative estimate of drug-likeness (QED) is 0.638. The van der Waals surface area contributed by atoms with Crippen molar-refractivity contribution in [2.75, 3.05) is 49.7 Å². The second kappa shape index (κ2) is 10.1. The van der Waals surface area contributed by atoms with Gasteiger partial charge in [-0.25, -0.2) is 9.37 Å². The van der Waals surface area contributed by atoms with Gasteiger partial charge in [-0.05, 0) is 50.5 Å². The Morgan fingerprint density at radius 3 is 2.58 bits per heavy atom. The van der Waals surface area contributed by atoms with Crippen molar-refractivity contribution in [3.8, 4) is 11.3 Å². The fourth-order valence-electron chi connectivity index (χ4n) is 3.86. The molecule has 2 fully saturated rings. The molecule has 2 N–H and O–H groups in total. The van der Waals surface area contributed by atoms with Gasteiger partial charge in [0.1, 0.15) is 22.1 Å². The number of morpholine rings is 1. The second-order valence-corrected chi connectivity index (χ2v) is 9.82. The summed E-state index contributed by atoms with van der Waals surface area (Å²) < 4.78 is 24.2. The number of anilines is 2. The smallest absolute Gasteiger partial charge is 0.251 e. The number of nitrogens with one attached hydrogen (secondary N) is 2. The number of rotatable bonds is 7. The summed E-state index contributed by atoms with van der Waals surface area (Å²) in [7, 11) is 0. The van der Waals surface area contributed by atoms with Gasteiger partial charge in [-0.2, -0.15) is 0 Å². The molecular weight excluding hydrogens is 447 g/mol. The van der Waals surface area contributed by atoms with E-state index < -0.39 is 5.54 Å². The van der Waals surface area contributed by atoms with E-state index in [9.17, 15) is 14.0 Å². The van der Waals surface area contributed by atoms with Gasteiger partial charge >= 0.3 is 0 Å². The molecular formula is C23H29FN4O4S. The van der Waals surface area contributed by atoms with E-state index in [-0.39, 0.29) is 23.5 Å². The Bertz CT molecular complexity index is 983. The normalized spacial score (nSPS) is 18.9. The summed E-state index contributed by atoms with van der Waals surface area (Å²) in [5.74, 6) is -0.661. The van der Waals surface area contributed by atoms with Crippen LogP contribution in [0, 0.1) is 11.7 Å². The molecule has 33 heavy (non-hydrogen) atoms. The number of hydrogen-bond acceptors (Lipinski definition) is 7. The van der Waals surface area contributed by atoms with Gasteiger partial charge in [0.15, 0.2) is 5.13 Å². The Morgan fingerprint density at radius 1 is 1.18 bits per heavy atom. The Balaban J connectivity index is 1.49. The molecule has 1 atom stereocenters. The van der Waals surface area contributed by atoms with Gasteiger partial charge < -0.3 is 19.7 Å². The Morgan fingerprint density at radius 2 is 1.91 bits per heavy atom. The highest BCUT2D eigenvalue weighted by atomic mass is 32.1. The highest BCUT2D eigenvalue weighted by Gasteiger charge is 2.32. The van der Waals surface area contributed by atoms with E-state index in [2.05, 4.69) is 20.5 Å². The molecule has 0 radical (unpaired) electrons. The molecule has 10 heteroatoms. The zero-order valence-electron chi connectivity index (χ0n) is 18.9. The summed E-state index contributed by atoms with van der Waals surface area (Å²) in [6.07, 6.45) is 1.19.